The fourth-order valence-electron chi connectivity index (χ4n) is 4.34. The summed E-state index contributed by atoms with van der Waals surface area (Å²) in [5, 5.41) is 4.12. The highest BCUT2D eigenvalue weighted by atomic mass is 16.5. The zero-order valence-corrected chi connectivity index (χ0v) is 18.3. The summed E-state index contributed by atoms with van der Waals surface area (Å²) in [6.07, 6.45) is 4.31. The Morgan fingerprint density at radius 2 is 1.77 bits per heavy atom. The van der Waals surface area contributed by atoms with Crippen molar-refractivity contribution in [2.24, 2.45) is 13.0 Å². The molecular weight excluding hydrogens is 394 g/mol. The topological polar surface area (TPSA) is 70.9 Å². The van der Waals surface area contributed by atoms with Crippen LogP contribution in [0.5, 0.6) is 5.75 Å². The van der Waals surface area contributed by atoms with Gasteiger partial charge in [-0.3, -0.25) is 14.3 Å². The lowest BCUT2D eigenvalue weighted by atomic mass is 9.90. The minimum atomic E-state index is -0.100. The van der Waals surface area contributed by atoms with Gasteiger partial charge >= 0.3 is 0 Å². The molecule has 2 amide bonds. The SMILES string of the molecule is CN1CCN(C(=O)C[C@H]2CN(C(=O)c3cnn(C)c3)CC[C@@H]2Oc2ccccc2)CC1. The Hall–Kier alpha value is -2.87. The van der Waals surface area contributed by atoms with E-state index in [1.165, 1.54) is 0 Å². The van der Waals surface area contributed by atoms with Crippen LogP contribution >= 0.6 is 0 Å². The monoisotopic (exact) mass is 425 g/mol. The Kier molecular flexibility index (Phi) is 6.56. The Balaban J connectivity index is 1.46. The van der Waals surface area contributed by atoms with Crippen molar-refractivity contribution < 1.29 is 14.3 Å². The molecule has 0 saturated carbocycles. The lowest BCUT2D eigenvalue weighted by molar-refractivity contribution is -0.135. The maximum absolute atomic E-state index is 13.1. The zero-order chi connectivity index (χ0) is 21.8. The molecule has 4 rings (SSSR count). The summed E-state index contributed by atoms with van der Waals surface area (Å²) < 4.78 is 7.91. The number of hydrogen-bond donors (Lipinski definition) is 0. The molecule has 2 saturated heterocycles. The quantitative estimate of drug-likeness (QED) is 0.726. The van der Waals surface area contributed by atoms with E-state index in [1.54, 1.807) is 24.1 Å². The third-order valence-corrected chi connectivity index (χ3v) is 6.23. The van der Waals surface area contributed by atoms with E-state index >= 15 is 0 Å². The predicted octanol–water partition coefficient (Wildman–Crippen LogP) is 1.49. The number of aromatic nitrogens is 2. The molecule has 0 N–H and O–H groups in total. The van der Waals surface area contributed by atoms with Crippen molar-refractivity contribution >= 4 is 11.8 Å². The van der Waals surface area contributed by atoms with Crippen LogP contribution in [0.2, 0.25) is 0 Å². The maximum Gasteiger partial charge on any atom is 0.257 e. The number of likely N-dealkylation sites (tertiary alicyclic amines) is 1. The number of piperazine rings is 1. The molecule has 0 bridgehead atoms. The Bertz CT molecular complexity index is 892. The molecule has 1 aromatic heterocycles. The van der Waals surface area contributed by atoms with E-state index < -0.39 is 0 Å². The summed E-state index contributed by atoms with van der Waals surface area (Å²) in [5.41, 5.74) is 0.578. The highest BCUT2D eigenvalue weighted by molar-refractivity contribution is 5.93. The van der Waals surface area contributed by atoms with E-state index in [-0.39, 0.29) is 23.8 Å². The largest absolute Gasteiger partial charge is 0.490 e. The van der Waals surface area contributed by atoms with Crippen molar-refractivity contribution in [1.29, 1.82) is 0 Å². The van der Waals surface area contributed by atoms with Crippen LogP contribution in [-0.2, 0) is 11.8 Å². The molecule has 3 heterocycles. The number of aryl methyl sites for hydroxylation is 1. The van der Waals surface area contributed by atoms with E-state index in [9.17, 15) is 9.59 Å². The first-order chi connectivity index (χ1) is 15.0. The molecule has 2 aliphatic heterocycles. The van der Waals surface area contributed by atoms with Gasteiger partial charge in [0.05, 0.1) is 11.8 Å². The van der Waals surface area contributed by atoms with Crippen LogP contribution in [0.4, 0.5) is 0 Å². The van der Waals surface area contributed by atoms with Crippen molar-refractivity contribution in [2.45, 2.75) is 18.9 Å². The number of para-hydroxylation sites is 1. The summed E-state index contributed by atoms with van der Waals surface area (Å²) in [5.74, 6) is 0.858. The van der Waals surface area contributed by atoms with Gasteiger partial charge in [0, 0.05) is 71.3 Å². The van der Waals surface area contributed by atoms with E-state index in [0.717, 1.165) is 31.9 Å². The molecule has 31 heavy (non-hydrogen) atoms. The van der Waals surface area contributed by atoms with E-state index in [0.29, 0.717) is 31.5 Å². The first-order valence-electron chi connectivity index (χ1n) is 11.0. The van der Waals surface area contributed by atoms with Crippen molar-refractivity contribution in [3.63, 3.8) is 0 Å². The molecule has 0 radical (unpaired) electrons. The second-order valence-electron chi connectivity index (χ2n) is 8.56. The summed E-state index contributed by atoms with van der Waals surface area (Å²) >= 11 is 0. The minimum absolute atomic E-state index is 0.0386. The van der Waals surface area contributed by atoms with Crippen molar-refractivity contribution in [3.05, 3.63) is 48.3 Å². The van der Waals surface area contributed by atoms with E-state index in [2.05, 4.69) is 17.0 Å². The normalized spacial score (nSPS) is 22.4. The Labute approximate surface area is 183 Å². The van der Waals surface area contributed by atoms with Gasteiger partial charge in [-0.15, -0.1) is 0 Å². The van der Waals surface area contributed by atoms with Crippen LogP contribution in [0.25, 0.3) is 0 Å². The fraction of sp³-hybridized carbons (Fsp3) is 0.522. The van der Waals surface area contributed by atoms with Crippen molar-refractivity contribution in [1.82, 2.24) is 24.5 Å². The van der Waals surface area contributed by atoms with Crippen molar-refractivity contribution in [3.8, 4) is 5.75 Å². The predicted molar refractivity (Wildman–Crippen MR) is 117 cm³/mol. The average molecular weight is 426 g/mol. The van der Waals surface area contributed by atoms with E-state index in [1.807, 2.05) is 40.1 Å². The van der Waals surface area contributed by atoms with Gasteiger partial charge in [0.25, 0.3) is 5.91 Å². The summed E-state index contributed by atoms with van der Waals surface area (Å²) in [6, 6.07) is 9.72. The van der Waals surface area contributed by atoms with Crippen LogP contribution in [-0.4, -0.2) is 88.7 Å². The second-order valence-corrected chi connectivity index (χ2v) is 8.56. The molecule has 166 valence electrons. The number of piperidine rings is 1. The van der Waals surface area contributed by atoms with Crippen molar-refractivity contribution in [2.75, 3.05) is 46.3 Å². The van der Waals surface area contributed by atoms with Crippen LogP contribution < -0.4 is 4.74 Å². The molecular formula is C23H31N5O3. The molecule has 8 nitrogen and oxygen atoms in total. The summed E-state index contributed by atoms with van der Waals surface area (Å²) in [4.78, 5) is 32.1. The molecule has 0 aliphatic carbocycles. The van der Waals surface area contributed by atoms with Gasteiger partial charge in [0.15, 0.2) is 0 Å². The number of nitrogens with zero attached hydrogens (tertiary/aromatic N) is 5. The number of ether oxygens (including phenoxy) is 1. The Morgan fingerprint density at radius 1 is 1.03 bits per heavy atom. The Morgan fingerprint density at radius 3 is 2.45 bits per heavy atom. The standard InChI is InChI=1S/C23H31N5O3/c1-25-10-12-27(13-11-25)22(29)14-18-17-28(23(30)19-15-24-26(2)16-19)9-8-21(18)31-20-6-4-3-5-7-20/h3-7,15-16,18,21H,8-14,17H2,1-2H3/t18-,21-/m0/s1. The van der Waals surface area contributed by atoms with Crippen LogP contribution in [0.3, 0.4) is 0 Å². The molecule has 2 atom stereocenters. The van der Waals surface area contributed by atoms with Crippen LogP contribution in [0, 0.1) is 5.92 Å². The van der Waals surface area contributed by atoms with Crippen LogP contribution in [0.1, 0.15) is 23.2 Å². The summed E-state index contributed by atoms with van der Waals surface area (Å²) in [6.45, 7) is 4.41. The third kappa shape index (κ3) is 5.25. The van der Waals surface area contributed by atoms with E-state index in [4.69, 9.17) is 4.74 Å². The number of benzene rings is 1. The van der Waals surface area contributed by atoms with Gasteiger partial charge in [-0.25, -0.2) is 0 Å². The molecule has 0 spiro atoms. The second kappa shape index (κ2) is 9.51. The third-order valence-electron chi connectivity index (χ3n) is 6.23. The number of carbonyl (C=O) groups is 2. The molecule has 2 aliphatic rings. The number of hydrogen-bond acceptors (Lipinski definition) is 5. The number of rotatable bonds is 5. The van der Waals surface area contributed by atoms with Gasteiger partial charge in [-0.05, 0) is 19.2 Å². The average Bonchev–Trinajstić information content (AvgIpc) is 3.22. The first-order valence-corrected chi connectivity index (χ1v) is 11.0. The highest BCUT2D eigenvalue weighted by Gasteiger charge is 2.36. The van der Waals surface area contributed by atoms with Gasteiger partial charge < -0.3 is 19.4 Å². The fourth-order valence-corrected chi connectivity index (χ4v) is 4.34. The number of amides is 2. The first kappa shape index (κ1) is 21.4. The van der Waals surface area contributed by atoms with Crippen LogP contribution in [0.15, 0.2) is 42.7 Å². The maximum atomic E-state index is 13.1. The summed E-state index contributed by atoms with van der Waals surface area (Å²) in [7, 11) is 3.88. The molecule has 8 heteroatoms. The lowest BCUT2D eigenvalue weighted by Gasteiger charge is -2.39. The highest BCUT2D eigenvalue weighted by Crippen LogP contribution is 2.27. The van der Waals surface area contributed by atoms with Gasteiger partial charge in [-0.2, -0.15) is 5.10 Å². The molecule has 2 fully saturated rings. The smallest absolute Gasteiger partial charge is 0.257 e. The molecule has 1 aromatic carbocycles. The zero-order valence-electron chi connectivity index (χ0n) is 18.3. The minimum Gasteiger partial charge on any atom is -0.490 e. The number of carbonyl (C=O) groups excluding carboxylic acids is 2. The molecule has 0 unspecified atom stereocenters. The van der Waals surface area contributed by atoms with Gasteiger partial charge in [0.1, 0.15) is 11.9 Å². The van der Waals surface area contributed by atoms with Gasteiger partial charge in [-0.1, -0.05) is 18.2 Å². The van der Waals surface area contributed by atoms with Gasteiger partial charge in [0.2, 0.25) is 5.91 Å². The molecule has 2 aromatic rings. The lowest BCUT2D eigenvalue weighted by Crippen LogP contribution is -2.51. The number of likely N-dealkylation sites (N-methyl/N-ethyl adjacent to an activating group) is 1.